The van der Waals surface area contributed by atoms with Crippen LogP contribution < -0.4 is 29.2 Å². The van der Waals surface area contributed by atoms with E-state index in [1.54, 1.807) is 19.1 Å². The Balaban J connectivity index is 0.866. The minimum Gasteiger partial charge on any atom is -0.497 e. The summed E-state index contributed by atoms with van der Waals surface area (Å²) in [6, 6.07) is 43.6. The summed E-state index contributed by atoms with van der Waals surface area (Å²) in [5.74, 6) is 4.16. The number of methoxy groups -OCH3 is 2. The number of hydrogen-bond donors (Lipinski definition) is 1. The molecule has 5 aromatic rings. The van der Waals surface area contributed by atoms with Crippen molar-refractivity contribution in [1.29, 1.82) is 0 Å². The van der Waals surface area contributed by atoms with E-state index in [0.29, 0.717) is 37.7 Å². The predicted molar refractivity (Wildman–Crippen MR) is 274 cm³/mol. The van der Waals surface area contributed by atoms with Crippen molar-refractivity contribution >= 4 is 51.8 Å². The average molecular weight is 946 g/mol. The monoisotopic (exact) mass is 945 g/mol. The van der Waals surface area contributed by atoms with E-state index in [9.17, 15) is 9.90 Å². The highest BCUT2D eigenvalue weighted by Crippen LogP contribution is 2.50. The van der Waals surface area contributed by atoms with Crippen LogP contribution in [0.1, 0.15) is 36.0 Å². The number of thioether (sulfide) groups is 2. The number of carbonyl (C=O) groups excluding carboxylic acids is 1. The zero-order valence-electron chi connectivity index (χ0n) is 38.7. The molecule has 68 heavy (non-hydrogen) atoms. The highest BCUT2D eigenvalue weighted by molar-refractivity contribution is 8.00. The number of rotatable bonds is 11. The maximum Gasteiger partial charge on any atom is 0.253 e. The van der Waals surface area contributed by atoms with Crippen molar-refractivity contribution in [1.82, 2.24) is 9.48 Å². The van der Waals surface area contributed by atoms with Crippen molar-refractivity contribution in [3.8, 4) is 33.9 Å². The lowest BCUT2D eigenvalue weighted by Gasteiger charge is -2.38. The number of aliphatic hydroxyl groups excluding tert-OH is 1. The van der Waals surface area contributed by atoms with Crippen molar-refractivity contribution in [3.05, 3.63) is 149 Å². The molecule has 1 atom stereocenters. The molecule has 0 spiro atoms. The van der Waals surface area contributed by atoms with Crippen LogP contribution in [0.3, 0.4) is 0 Å². The molecule has 0 bridgehead atoms. The van der Waals surface area contributed by atoms with Crippen molar-refractivity contribution in [3.63, 3.8) is 0 Å². The quantitative estimate of drug-likeness (QED) is 0.0770. The Kier molecular flexibility index (Phi) is 12.6. The van der Waals surface area contributed by atoms with E-state index in [4.69, 9.17) is 18.6 Å². The Morgan fingerprint density at radius 1 is 0.706 bits per heavy atom. The Labute approximate surface area is 406 Å². The molecule has 0 saturated carbocycles. The van der Waals surface area contributed by atoms with E-state index in [1.165, 1.54) is 51.2 Å². The Hall–Kier alpha value is -5.92. The molecule has 6 aliphatic rings. The number of ether oxygens (including phenoxy) is 3. The lowest BCUT2D eigenvalue weighted by molar-refractivity contribution is -0.146. The van der Waals surface area contributed by atoms with E-state index < -0.39 is 11.7 Å². The number of piperidine rings is 1. The van der Waals surface area contributed by atoms with Gasteiger partial charge < -0.3 is 38.4 Å². The van der Waals surface area contributed by atoms with Gasteiger partial charge in [-0.05, 0) is 83.3 Å². The predicted octanol–water partition coefficient (Wildman–Crippen LogP) is 9.21. The Bertz CT molecular complexity index is 2900. The first kappa shape index (κ1) is 44.6. The number of aliphatic hydroxyl groups is 1. The summed E-state index contributed by atoms with van der Waals surface area (Å²) in [6.07, 6.45) is 2.31. The third-order valence-corrected chi connectivity index (χ3v) is 16.2. The lowest BCUT2D eigenvalue weighted by Crippen LogP contribution is -2.52. The summed E-state index contributed by atoms with van der Waals surface area (Å²) in [5.41, 5.74) is 8.22. The molecule has 348 valence electrons. The van der Waals surface area contributed by atoms with Gasteiger partial charge in [-0.2, -0.15) is 0 Å². The smallest absolute Gasteiger partial charge is 0.253 e. The highest BCUT2D eigenvalue weighted by atomic mass is 32.2. The van der Waals surface area contributed by atoms with Gasteiger partial charge in [0.25, 0.3) is 5.91 Å². The van der Waals surface area contributed by atoms with E-state index in [-0.39, 0.29) is 12.5 Å². The van der Waals surface area contributed by atoms with Gasteiger partial charge in [0, 0.05) is 108 Å². The van der Waals surface area contributed by atoms with Crippen molar-refractivity contribution in [2.75, 3.05) is 94.5 Å². The summed E-state index contributed by atoms with van der Waals surface area (Å²) >= 11 is 3.95. The standard InChI is InChI=1S/C56H57N4O6S2/c1-63-44-17-11-40(12-18-44)56(39-9-5-3-6-10-39,41-13-19-45(64-2)20-14-41)65-37-48(61)55(62)60-27-25-58(26-28-60)43-16-22-47-50(36-43)66-49-35-42(57-23-7-4-8-24-57)15-21-46(49)53(47)38-33-51-54-52(34-38)68-32-30-59(54)29-31-67-51/h3,5-6,9-22,33-36,48,61H,4,7-8,23-32,37H2,1-2H3/q+1. The summed E-state index contributed by atoms with van der Waals surface area (Å²) < 4.78 is 27.3. The lowest BCUT2D eigenvalue weighted by atomic mass is 9.80. The molecule has 0 aromatic heterocycles. The topological polar surface area (TPSA) is 90.9 Å². The number of nitrogens with zero attached hydrogens (tertiary/aromatic N) is 4. The summed E-state index contributed by atoms with van der Waals surface area (Å²) in [7, 11) is 3.27. The number of amides is 1. The van der Waals surface area contributed by atoms with Crippen LogP contribution >= 0.6 is 23.5 Å². The fourth-order valence-electron chi connectivity index (χ4n) is 10.6. The average Bonchev–Trinajstić information content (AvgIpc) is 3.40. The molecule has 5 aliphatic heterocycles. The first-order valence-electron chi connectivity index (χ1n) is 23.9. The van der Waals surface area contributed by atoms with Crippen LogP contribution in [0.2, 0.25) is 0 Å². The fourth-order valence-corrected chi connectivity index (χ4v) is 12.9. The maximum atomic E-state index is 14.1. The highest BCUT2D eigenvalue weighted by Gasteiger charge is 2.40. The van der Waals surface area contributed by atoms with Gasteiger partial charge >= 0.3 is 0 Å². The largest absolute Gasteiger partial charge is 0.497 e. The number of piperazine rings is 1. The molecule has 5 aromatic carbocycles. The normalized spacial score (nSPS) is 16.8. The van der Waals surface area contributed by atoms with E-state index in [1.807, 2.05) is 102 Å². The van der Waals surface area contributed by atoms with Gasteiger partial charge in [-0.1, -0.05) is 54.6 Å². The zero-order chi connectivity index (χ0) is 46.2. The number of fused-ring (bicyclic) bond motifs is 2. The summed E-state index contributed by atoms with van der Waals surface area (Å²) in [4.78, 5) is 23.5. The molecule has 5 heterocycles. The van der Waals surface area contributed by atoms with Crippen LogP contribution in [-0.4, -0.2) is 107 Å². The second-order valence-corrected chi connectivity index (χ2v) is 20.3. The molecule has 2 fully saturated rings. The first-order chi connectivity index (χ1) is 33.4. The van der Waals surface area contributed by atoms with Gasteiger partial charge in [-0.25, -0.2) is 4.58 Å². The molecule has 1 unspecified atom stereocenters. The van der Waals surface area contributed by atoms with Crippen LogP contribution in [0.5, 0.6) is 11.5 Å². The van der Waals surface area contributed by atoms with E-state index >= 15 is 0 Å². The molecule has 1 aliphatic carbocycles. The van der Waals surface area contributed by atoms with Gasteiger partial charge in [-0.3, -0.25) is 4.79 Å². The van der Waals surface area contributed by atoms with Gasteiger partial charge in [0.05, 0.1) is 32.6 Å². The molecule has 11 rings (SSSR count). The van der Waals surface area contributed by atoms with E-state index in [0.717, 1.165) is 82.4 Å². The minimum atomic E-state index is -1.39. The summed E-state index contributed by atoms with van der Waals surface area (Å²) in [5, 5.41) is 14.0. The number of benzene rings is 6. The van der Waals surface area contributed by atoms with Crippen LogP contribution in [0.25, 0.3) is 33.4 Å². The molecular weight excluding hydrogens is 889 g/mol. The second-order valence-electron chi connectivity index (χ2n) is 18.0. The van der Waals surface area contributed by atoms with Crippen LogP contribution in [0.4, 0.5) is 11.4 Å². The summed E-state index contributed by atoms with van der Waals surface area (Å²) in [6.45, 7) is 6.24. The van der Waals surface area contributed by atoms with Gasteiger partial charge in [0.2, 0.25) is 5.36 Å². The Morgan fingerprint density at radius 2 is 1.34 bits per heavy atom. The fraction of sp³-hybridized carbons (Fsp3) is 0.321. The number of carbonyl (C=O) groups is 1. The van der Waals surface area contributed by atoms with Crippen LogP contribution in [0, 0.1) is 0 Å². The molecule has 2 saturated heterocycles. The Morgan fingerprint density at radius 3 is 1.97 bits per heavy atom. The third kappa shape index (κ3) is 8.39. The van der Waals surface area contributed by atoms with Crippen molar-refractivity contribution in [2.45, 2.75) is 40.8 Å². The van der Waals surface area contributed by atoms with Crippen molar-refractivity contribution in [2.24, 2.45) is 0 Å². The second kappa shape index (κ2) is 19.2. The molecular formula is C56H57N4O6S2+. The first-order valence-corrected chi connectivity index (χ1v) is 25.9. The maximum absolute atomic E-state index is 14.1. The molecule has 1 amide bonds. The van der Waals surface area contributed by atoms with Gasteiger partial charge in [0.1, 0.15) is 41.5 Å². The van der Waals surface area contributed by atoms with E-state index in [2.05, 4.69) is 62.9 Å². The third-order valence-electron chi connectivity index (χ3n) is 14.2. The van der Waals surface area contributed by atoms with Crippen LogP contribution in [0.15, 0.2) is 142 Å². The van der Waals surface area contributed by atoms with Crippen molar-refractivity contribution < 1.29 is 28.5 Å². The molecule has 12 heteroatoms. The number of anilines is 2. The van der Waals surface area contributed by atoms with Gasteiger partial charge in [0.15, 0.2) is 6.10 Å². The zero-order valence-corrected chi connectivity index (χ0v) is 40.3. The number of hydrogen-bond acceptors (Lipinski definition) is 10. The molecule has 0 radical (unpaired) electrons. The van der Waals surface area contributed by atoms with Crippen LogP contribution in [-0.2, 0) is 15.1 Å². The van der Waals surface area contributed by atoms with Gasteiger partial charge in [-0.15, -0.1) is 23.5 Å². The SMILES string of the molecule is COc1ccc(C(OCC(O)C(=O)N2CCN(c3ccc4c(-c5cc6c7c(c5)SCCN7CCS6)c5ccc(=[N+]6CCCCC6)cc-5oc4c3)CC2)(c2ccccc2)c2ccc(OC)cc2)cc1. The minimum absolute atomic E-state index is 0.227. The molecule has 1 N–H and O–H groups in total. The molecule has 10 nitrogen and oxygen atoms in total.